The fourth-order valence-corrected chi connectivity index (χ4v) is 4.73. The van der Waals surface area contributed by atoms with E-state index >= 15 is 0 Å². The first-order valence-electron chi connectivity index (χ1n) is 12.1. The number of hydrogen-bond donors (Lipinski definition) is 1. The van der Waals surface area contributed by atoms with Gasteiger partial charge in [-0.3, -0.25) is 9.59 Å². The van der Waals surface area contributed by atoms with Crippen molar-refractivity contribution in [2.45, 2.75) is 91.3 Å². The van der Waals surface area contributed by atoms with Gasteiger partial charge < -0.3 is 10.2 Å². The molecule has 0 spiro atoms. The number of amides is 2. The van der Waals surface area contributed by atoms with E-state index < -0.39 is 6.04 Å². The van der Waals surface area contributed by atoms with Crippen LogP contribution in [0.3, 0.4) is 0 Å². The first-order valence-corrected chi connectivity index (χ1v) is 12.1. The minimum atomic E-state index is -0.463. The molecule has 1 N–H and O–H groups in total. The SMILES string of the molecule is CCC(C(=O)NC1CCCCC1)N(Cc1cccc(C)c1)C(=O)Cc1cc(C)ccc1C. The third-order valence-electron chi connectivity index (χ3n) is 6.62. The van der Waals surface area contributed by atoms with Gasteiger partial charge in [-0.15, -0.1) is 0 Å². The van der Waals surface area contributed by atoms with Crippen molar-refractivity contribution >= 4 is 11.8 Å². The predicted octanol–water partition coefficient (Wildman–Crippen LogP) is 5.41. The van der Waals surface area contributed by atoms with Crippen LogP contribution in [0.1, 0.15) is 73.3 Å². The maximum Gasteiger partial charge on any atom is 0.243 e. The van der Waals surface area contributed by atoms with Crippen LogP contribution in [-0.4, -0.2) is 28.8 Å². The summed E-state index contributed by atoms with van der Waals surface area (Å²) in [7, 11) is 0. The number of rotatable bonds is 8. The Balaban J connectivity index is 1.84. The van der Waals surface area contributed by atoms with Gasteiger partial charge >= 0.3 is 0 Å². The van der Waals surface area contributed by atoms with E-state index in [1.54, 1.807) is 4.90 Å². The Morgan fingerprint density at radius 2 is 1.72 bits per heavy atom. The van der Waals surface area contributed by atoms with Crippen molar-refractivity contribution in [3.05, 3.63) is 70.3 Å². The lowest BCUT2D eigenvalue weighted by Crippen LogP contribution is -2.52. The smallest absolute Gasteiger partial charge is 0.243 e. The normalized spacial score (nSPS) is 15.2. The van der Waals surface area contributed by atoms with Crippen molar-refractivity contribution in [3.8, 4) is 0 Å². The Bertz CT molecular complexity index is 931. The van der Waals surface area contributed by atoms with Gasteiger partial charge in [0.05, 0.1) is 6.42 Å². The molecule has 1 atom stereocenters. The van der Waals surface area contributed by atoms with Crippen LogP contribution in [0.15, 0.2) is 42.5 Å². The number of nitrogens with zero attached hydrogens (tertiary/aromatic N) is 1. The zero-order valence-electron chi connectivity index (χ0n) is 20.1. The second-order valence-corrected chi connectivity index (χ2v) is 9.38. The molecule has 0 aromatic heterocycles. The third-order valence-corrected chi connectivity index (χ3v) is 6.62. The van der Waals surface area contributed by atoms with Gasteiger partial charge in [0.25, 0.3) is 0 Å². The molecule has 0 aliphatic heterocycles. The molecule has 0 radical (unpaired) electrons. The van der Waals surface area contributed by atoms with Gasteiger partial charge in [-0.25, -0.2) is 0 Å². The number of carbonyl (C=O) groups excluding carboxylic acids is 2. The van der Waals surface area contributed by atoms with Crippen LogP contribution in [0.4, 0.5) is 0 Å². The molecule has 1 aliphatic carbocycles. The van der Waals surface area contributed by atoms with E-state index in [1.807, 2.05) is 32.9 Å². The topological polar surface area (TPSA) is 49.4 Å². The first kappa shape index (κ1) is 24.0. The van der Waals surface area contributed by atoms with E-state index in [1.165, 1.54) is 19.3 Å². The van der Waals surface area contributed by atoms with Crippen LogP contribution in [0, 0.1) is 20.8 Å². The summed E-state index contributed by atoms with van der Waals surface area (Å²) in [5, 5.41) is 3.25. The lowest BCUT2D eigenvalue weighted by atomic mass is 9.95. The van der Waals surface area contributed by atoms with Gasteiger partial charge in [0, 0.05) is 12.6 Å². The molecular weight excluding hydrogens is 396 g/mol. The van der Waals surface area contributed by atoms with Crippen LogP contribution < -0.4 is 5.32 Å². The third kappa shape index (κ3) is 6.44. The quantitative estimate of drug-likeness (QED) is 0.604. The number of benzene rings is 2. The molecule has 4 nitrogen and oxygen atoms in total. The maximum atomic E-state index is 13.6. The average Bonchev–Trinajstić information content (AvgIpc) is 2.77. The van der Waals surface area contributed by atoms with Crippen molar-refractivity contribution in [1.82, 2.24) is 10.2 Å². The summed E-state index contributed by atoms with van der Waals surface area (Å²) < 4.78 is 0. The van der Waals surface area contributed by atoms with Crippen LogP contribution in [0.5, 0.6) is 0 Å². The highest BCUT2D eigenvalue weighted by atomic mass is 16.2. The van der Waals surface area contributed by atoms with Crippen LogP contribution >= 0.6 is 0 Å². The lowest BCUT2D eigenvalue weighted by Gasteiger charge is -2.33. The highest BCUT2D eigenvalue weighted by Crippen LogP contribution is 2.20. The maximum absolute atomic E-state index is 13.6. The van der Waals surface area contributed by atoms with Gasteiger partial charge in [-0.1, -0.05) is 79.8 Å². The van der Waals surface area contributed by atoms with Gasteiger partial charge in [0.2, 0.25) is 11.8 Å². The molecule has 1 unspecified atom stereocenters. The van der Waals surface area contributed by atoms with Gasteiger partial charge in [0.1, 0.15) is 6.04 Å². The van der Waals surface area contributed by atoms with E-state index in [0.717, 1.165) is 40.7 Å². The summed E-state index contributed by atoms with van der Waals surface area (Å²) >= 11 is 0. The number of aryl methyl sites for hydroxylation is 3. The molecular formula is C28H38N2O2. The summed E-state index contributed by atoms with van der Waals surface area (Å²) in [6, 6.07) is 14.2. The Morgan fingerprint density at radius 1 is 1.00 bits per heavy atom. The molecule has 2 aromatic carbocycles. The van der Waals surface area contributed by atoms with Crippen LogP contribution in [0.25, 0.3) is 0 Å². The van der Waals surface area contributed by atoms with E-state index in [4.69, 9.17) is 0 Å². The van der Waals surface area contributed by atoms with Gasteiger partial charge in [-0.2, -0.15) is 0 Å². The van der Waals surface area contributed by atoms with Crippen LogP contribution in [-0.2, 0) is 22.6 Å². The average molecular weight is 435 g/mol. The molecule has 2 amide bonds. The first-order chi connectivity index (χ1) is 15.4. The Morgan fingerprint density at radius 3 is 2.41 bits per heavy atom. The van der Waals surface area contributed by atoms with Crippen molar-refractivity contribution < 1.29 is 9.59 Å². The molecule has 3 rings (SSSR count). The number of carbonyl (C=O) groups is 2. The standard InChI is InChI=1S/C28H38N2O2/c1-5-26(28(32)29-25-12-7-6-8-13-25)30(19-23-11-9-10-20(2)16-23)27(31)18-24-17-21(3)14-15-22(24)4/h9-11,14-17,25-26H,5-8,12-13,18-19H2,1-4H3,(H,29,32). The minimum Gasteiger partial charge on any atom is -0.352 e. The van der Waals surface area contributed by atoms with Crippen molar-refractivity contribution in [3.63, 3.8) is 0 Å². The molecule has 172 valence electrons. The second kappa shape index (κ2) is 11.3. The lowest BCUT2D eigenvalue weighted by molar-refractivity contribution is -0.141. The minimum absolute atomic E-state index is 0.00542. The fraction of sp³-hybridized carbons (Fsp3) is 0.500. The van der Waals surface area contributed by atoms with E-state index in [2.05, 4.69) is 42.6 Å². The molecule has 0 saturated heterocycles. The van der Waals surface area contributed by atoms with Crippen molar-refractivity contribution in [1.29, 1.82) is 0 Å². The molecule has 32 heavy (non-hydrogen) atoms. The summed E-state index contributed by atoms with van der Waals surface area (Å²) in [5.41, 5.74) is 5.50. The van der Waals surface area contributed by atoms with Crippen molar-refractivity contribution in [2.24, 2.45) is 0 Å². The molecule has 1 fully saturated rings. The Hall–Kier alpha value is -2.62. The zero-order chi connectivity index (χ0) is 23.1. The second-order valence-electron chi connectivity index (χ2n) is 9.38. The highest BCUT2D eigenvalue weighted by Gasteiger charge is 2.30. The summed E-state index contributed by atoms with van der Waals surface area (Å²) in [6.07, 6.45) is 6.57. The fourth-order valence-electron chi connectivity index (χ4n) is 4.73. The van der Waals surface area contributed by atoms with Crippen LogP contribution in [0.2, 0.25) is 0 Å². The predicted molar refractivity (Wildman–Crippen MR) is 130 cm³/mol. The van der Waals surface area contributed by atoms with Gasteiger partial charge in [-0.05, 0) is 56.7 Å². The molecule has 2 aromatic rings. The number of nitrogens with one attached hydrogen (secondary N) is 1. The summed E-state index contributed by atoms with van der Waals surface area (Å²) in [6.45, 7) is 8.59. The molecule has 1 saturated carbocycles. The number of hydrogen-bond acceptors (Lipinski definition) is 2. The van der Waals surface area contributed by atoms with E-state index in [9.17, 15) is 9.59 Å². The summed E-state index contributed by atoms with van der Waals surface area (Å²) in [5.74, 6) is -0.00721. The van der Waals surface area contributed by atoms with Gasteiger partial charge in [0.15, 0.2) is 0 Å². The molecule has 4 heteroatoms. The molecule has 1 aliphatic rings. The highest BCUT2D eigenvalue weighted by molar-refractivity contribution is 5.88. The summed E-state index contributed by atoms with van der Waals surface area (Å²) in [4.78, 5) is 28.7. The van der Waals surface area contributed by atoms with Crippen molar-refractivity contribution in [2.75, 3.05) is 0 Å². The Kier molecular flexibility index (Phi) is 8.49. The molecule has 0 heterocycles. The Labute approximate surface area is 193 Å². The zero-order valence-corrected chi connectivity index (χ0v) is 20.1. The van der Waals surface area contributed by atoms with E-state index in [-0.39, 0.29) is 17.9 Å². The monoisotopic (exact) mass is 434 g/mol. The van der Waals surface area contributed by atoms with E-state index in [0.29, 0.717) is 19.4 Å². The molecule has 0 bridgehead atoms. The largest absolute Gasteiger partial charge is 0.352 e.